The van der Waals surface area contributed by atoms with E-state index in [0.29, 0.717) is 35.8 Å². The molecule has 5 aliphatic rings. The Morgan fingerprint density at radius 1 is 1.04 bits per heavy atom. The third-order valence-corrected chi connectivity index (χ3v) is 8.61. The molecule has 10 atom stereocenters. The van der Waals surface area contributed by atoms with Crippen LogP contribution in [0.5, 0.6) is 0 Å². The van der Waals surface area contributed by atoms with Crippen LogP contribution in [0.3, 0.4) is 0 Å². The van der Waals surface area contributed by atoms with Gasteiger partial charge in [-0.05, 0) is 50.5 Å². The van der Waals surface area contributed by atoms with Crippen LogP contribution in [0.25, 0.3) is 0 Å². The van der Waals surface area contributed by atoms with Gasteiger partial charge in [0, 0.05) is 23.9 Å². The van der Waals surface area contributed by atoms with Gasteiger partial charge in [0.1, 0.15) is 12.2 Å². The molecule has 4 heterocycles. The fourth-order valence-corrected chi connectivity index (χ4v) is 7.48. The van der Waals surface area contributed by atoms with Gasteiger partial charge in [0.2, 0.25) is 0 Å². The molecule has 150 valence electrons. The van der Waals surface area contributed by atoms with Crippen molar-refractivity contribution >= 4 is 11.9 Å². The highest BCUT2D eigenvalue weighted by atomic mass is 16.6. The van der Waals surface area contributed by atoms with Crippen LogP contribution < -0.4 is 0 Å². The molecule has 0 aromatic carbocycles. The summed E-state index contributed by atoms with van der Waals surface area (Å²) in [5.74, 6) is 1.94. The maximum atomic E-state index is 12.5. The Labute approximate surface area is 162 Å². The quantitative estimate of drug-likeness (QED) is 0.695. The Balaban J connectivity index is 1.51. The largest absolute Gasteiger partial charge is 0.462 e. The van der Waals surface area contributed by atoms with E-state index in [9.17, 15) is 9.59 Å². The van der Waals surface area contributed by atoms with Crippen LogP contribution in [0.1, 0.15) is 59.3 Å². The Morgan fingerprint density at radius 3 is 2.56 bits per heavy atom. The zero-order valence-corrected chi connectivity index (χ0v) is 16.8. The number of rotatable bonds is 2. The second kappa shape index (κ2) is 6.47. The van der Waals surface area contributed by atoms with Crippen molar-refractivity contribution in [1.82, 2.24) is 4.90 Å². The lowest BCUT2D eigenvalue weighted by Gasteiger charge is -2.48. The zero-order chi connectivity index (χ0) is 18.9. The highest BCUT2D eigenvalue weighted by Crippen LogP contribution is 2.57. The average Bonchev–Trinajstić information content (AvgIpc) is 3.20. The molecule has 0 N–H and O–H groups in total. The van der Waals surface area contributed by atoms with Gasteiger partial charge in [-0.15, -0.1) is 0 Å². The van der Waals surface area contributed by atoms with E-state index >= 15 is 0 Å². The van der Waals surface area contributed by atoms with Crippen LogP contribution in [0.4, 0.5) is 0 Å². The number of cyclic esters (lactones) is 1. The number of hydrogen-bond donors (Lipinski definition) is 0. The van der Waals surface area contributed by atoms with Crippen LogP contribution in [0, 0.1) is 35.5 Å². The van der Waals surface area contributed by atoms with Crippen molar-refractivity contribution in [2.75, 3.05) is 6.54 Å². The Kier molecular flexibility index (Phi) is 4.30. The molecule has 27 heavy (non-hydrogen) atoms. The van der Waals surface area contributed by atoms with E-state index in [-0.39, 0.29) is 36.0 Å². The van der Waals surface area contributed by atoms with E-state index in [1.54, 1.807) is 0 Å². The van der Waals surface area contributed by atoms with Gasteiger partial charge in [-0.25, -0.2) is 0 Å². The van der Waals surface area contributed by atoms with E-state index in [0.717, 1.165) is 25.8 Å². The third kappa shape index (κ3) is 2.53. The predicted octanol–water partition coefficient (Wildman–Crippen LogP) is 3.01. The van der Waals surface area contributed by atoms with Gasteiger partial charge < -0.3 is 9.47 Å². The number of fused-ring (bicyclic) bond motifs is 2. The molecular formula is C22H33NO4. The van der Waals surface area contributed by atoms with Crippen molar-refractivity contribution in [1.29, 1.82) is 0 Å². The van der Waals surface area contributed by atoms with Crippen molar-refractivity contribution in [3.05, 3.63) is 0 Å². The number of hydrogen-bond acceptors (Lipinski definition) is 5. The van der Waals surface area contributed by atoms with E-state index in [2.05, 4.69) is 18.7 Å². The average molecular weight is 376 g/mol. The Bertz CT molecular complexity index is 636. The molecule has 5 nitrogen and oxygen atoms in total. The highest BCUT2D eigenvalue weighted by molar-refractivity contribution is 5.75. The van der Waals surface area contributed by atoms with Crippen molar-refractivity contribution in [3.63, 3.8) is 0 Å². The Hall–Kier alpha value is -1.10. The second-order valence-corrected chi connectivity index (χ2v) is 9.81. The molecule has 0 unspecified atom stereocenters. The van der Waals surface area contributed by atoms with Crippen LogP contribution in [0.2, 0.25) is 0 Å². The lowest BCUT2D eigenvalue weighted by molar-refractivity contribution is -0.148. The van der Waals surface area contributed by atoms with Gasteiger partial charge in [-0.3, -0.25) is 14.5 Å². The van der Waals surface area contributed by atoms with Crippen molar-refractivity contribution in [2.45, 2.75) is 83.6 Å². The molecule has 5 fully saturated rings. The van der Waals surface area contributed by atoms with Crippen molar-refractivity contribution < 1.29 is 19.1 Å². The van der Waals surface area contributed by atoms with Gasteiger partial charge in [-0.2, -0.15) is 0 Å². The van der Waals surface area contributed by atoms with Gasteiger partial charge in [0.25, 0.3) is 0 Å². The first kappa shape index (κ1) is 18.0. The number of ether oxygens (including phenoxy) is 2. The van der Waals surface area contributed by atoms with Crippen LogP contribution in [0.15, 0.2) is 0 Å². The minimum Gasteiger partial charge on any atom is -0.462 e. The maximum absolute atomic E-state index is 12.5. The second-order valence-electron chi connectivity index (χ2n) is 9.81. The SMILES string of the molecule is CC[C@@H]1[C@H]2CCCCN3[C@@H]2[C@H](C[C@H]3[C@@H]2C[C@H](C)C(=O)O2)[C@H]2[C@@H]1OC(=O)[C@H]2C. The molecule has 1 saturated carbocycles. The summed E-state index contributed by atoms with van der Waals surface area (Å²) in [5, 5.41) is 0. The summed E-state index contributed by atoms with van der Waals surface area (Å²) in [5.41, 5.74) is 0. The van der Waals surface area contributed by atoms with E-state index in [1.807, 2.05) is 6.92 Å². The minimum atomic E-state index is -0.0294. The molecule has 4 saturated heterocycles. The van der Waals surface area contributed by atoms with Crippen LogP contribution >= 0.6 is 0 Å². The maximum Gasteiger partial charge on any atom is 0.309 e. The summed E-state index contributed by atoms with van der Waals surface area (Å²) in [6, 6.07) is 0.865. The lowest BCUT2D eigenvalue weighted by Crippen LogP contribution is -2.54. The molecule has 0 aromatic heterocycles. The normalized spacial score (nSPS) is 52.1. The van der Waals surface area contributed by atoms with Crippen molar-refractivity contribution in [2.24, 2.45) is 35.5 Å². The van der Waals surface area contributed by atoms with Gasteiger partial charge in [0.05, 0.1) is 11.8 Å². The van der Waals surface area contributed by atoms with Crippen LogP contribution in [-0.2, 0) is 19.1 Å². The summed E-state index contributed by atoms with van der Waals surface area (Å²) in [4.78, 5) is 27.3. The first-order valence-electron chi connectivity index (χ1n) is 11.2. The molecule has 5 heteroatoms. The van der Waals surface area contributed by atoms with E-state index in [4.69, 9.17) is 9.47 Å². The van der Waals surface area contributed by atoms with Gasteiger partial charge in [-0.1, -0.05) is 27.2 Å². The molecular weight excluding hydrogens is 342 g/mol. The predicted molar refractivity (Wildman–Crippen MR) is 99.7 cm³/mol. The summed E-state index contributed by atoms with van der Waals surface area (Å²) in [7, 11) is 0. The van der Waals surface area contributed by atoms with Crippen LogP contribution in [-0.4, -0.2) is 47.7 Å². The summed E-state index contributed by atoms with van der Waals surface area (Å²) in [6.45, 7) is 7.44. The van der Waals surface area contributed by atoms with E-state index < -0.39 is 0 Å². The first-order valence-corrected chi connectivity index (χ1v) is 11.2. The topological polar surface area (TPSA) is 55.8 Å². The molecule has 4 aliphatic heterocycles. The number of esters is 2. The molecule has 1 aliphatic carbocycles. The molecule has 0 bridgehead atoms. The summed E-state index contributed by atoms with van der Waals surface area (Å²) < 4.78 is 11.8. The zero-order valence-electron chi connectivity index (χ0n) is 16.8. The molecule has 0 aromatic rings. The molecule has 5 rings (SSSR count). The number of carbonyl (C=O) groups is 2. The molecule has 0 amide bonds. The third-order valence-electron chi connectivity index (χ3n) is 8.61. The number of carbonyl (C=O) groups excluding carboxylic acids is 2. The van der Waals surface area contributed by atoms with E-state index in [1.165, 1.54) is 19.3 Å². The molecule has 0 radical (unpaired) electrons. The standard InChI is InChI=1S/C22H33NO4/c1-4-13-14-7-5-6-8-23-16(17-9-11(2)21(24)26-17)10-15(19(14)23)18-12(3)22(25)27-20(13)18/h11-20H,4-10H2,1-3H3/t11-,12-,13+,14+,15+,16-,17-,18-,19-,20+/m0/s1. The fourth-order valence-electron chi connectivity index (χ4n) is 7.48. The Morgan fingerprint density at radius 2 is 1.85 bits per heavy atom. The fraction of sp³-hybridized carbons (Fsp3) is 0.909. The van der Waals surface area contributed by atoms with Gasteiger partial charge >= 0.3 is 11.9 Å². The summed E-state index contributed by atoms with van der Waals surface area (Å²) in [6.07, 6.45) is 6.87. The lowest BCUT2D eigenvalue weighted by atomic mass is 9.60. The highest BCUT2D eigenvalue weighted by Gasteiger charge is 2.63. The van der Waals surface area contributed by atoms with Gasteiger partial charge in [0.15, 0.2) is 0 Å². The smallest absolute Gasteiger partial charge is 0.309 e. The molecule has 0 spiro atoms. The van der Waals surface area contributed by atoms with Crippen molar-refractivity contribution in [3.8, 4) is 0 Å². The monoisotopic (exact) mass is 375 g/mol. The summed E-state index contributed by atoms with van der Waals surface area (Å²) >= 11 is 0. The number of nitrogens with zero attached hydrogens (tertiary/aromatic N) is 1. The first-order chi connectivity index (χ1) is 13.0. The minimum absolute atomic E-state index is 0.00362.